The van der Waals surface area contributed by atoms with Crippen molar-refractivity contribution in [2.24, 2.45) is 0 Å². The second kappa shape index (κ2) is 11.2. The van der Waals surface area contributed by atoms with Crippen LogP contribution in [0.1, 0.15) is 26.7 Å². The maximum absolute atomic E-state index is 10.2. The van der Waals surface area contributed by atoms with Crippen LogP contribution in [0, 0.1) is 0 Å². The minimum absolute atomic E-state index is 0.264. The van der Waals surface area contributed by atoms with Crippen LogP contribution in [-0.2, 0) is 9.53 Å². The molecule has 15 heavy (non-hydrogen) atoms. The van der Waals surface area contributed by atoms with Gasteiger partial charge >= 0.3 is 5.97 Å². The summed E-state index contributed by atoms with van der Waals surface area (Å²) in [5.74, 6) is -0.341. The van der Waals surface area contributed by atoms with Crippen LogP contribution in [0.5, 0.6) is 0 Å². The van der Waals surface area contributed by atoms with E-state index in [2.05, 4.69) is 11.3 Å². The van der Waals surface area contributed by atoms with Gasteiger partial charge in [0.25, 0.3) is 0 Å². The highest BCUT2D eigenvalue weighted by Gasteiger charge is 1.99. The van der Waals surface area contributed by atoms with E-state index in [0.29, 0.717) is 6.61 Å². The van der Waals surface area contributed by atoms with Gasteiger partial charge in [0, 0.05) is 6.08 Å². The maximum Gasteiger partial charge on any atom is 0.330 e. The summed E-state index contributed by atoms with van der Waals surface area (Å²) in [4.78, 5) is 12.0. The molecule has 0 radical (unpaired) electrons. The van der Waals surface area contributed by atoms with Gasteiger partial charge in [0.2, 0.25) is 0 Å². The van der Waals surface area contributed by atoms with Gasteiger partial charge < -0.3 is 9.84 Å². The largest absolute Gasteiger partial charge is 0.463 e. The third-order valence-corrected chi connectivity index (χ3v) is 1.58. The summed E-state index contributed by atoms with van der Waals surface area (Å²) in [6.07, 6.45) is 2.56. The minimum atomic E-state index is -0.341. The smallest absolute Gasteiger partial charge is 0.330 e. The van der Waals surface area contributed by atoms with Crippen molar-refractivity contribution in [3.05, 3.63) is 12.7 Å². The average Bonchev–Trinajstić information content (AvgIpc) is 2.25. The van der Waals surface area contributed by atoms with Gasteiger partial charge in [-0.15, -0.1) is 0 Å². The number of carbonyl (C=O) groups is 1. The monoisotopic (exact) mass is 217 g/mol. The normalized spacial score (nSPS) is 11.3. The minimum Gasteiger partial charge on any atom is -0.463 e. The second-order valence-electron chi connectivity index (χ2n) is 3.22. The molecule has 0 bridgehead atoms. The first kappa shape index (κ1) is 16.6. The lowest BCUT2D eigenvalue weighted by atomic mass is 10.4. The molecule has 1 atom stereocenters. The molecule has 0 aliphatic heterocycles. The molecule has 0 amide bonds. The van der Waals surface area contributed by atoms with Crippen LogP contribution in [0.3, 0.4) is 0 Å². The van der Waals surface area contributed by atoms with E-state index in [1.165, 1.54) is 0 Å². The molecule has 0 aromatic carbocycles. The molecule has 4 nitrogen and oxygen atoms in total. The number of aliphatic hydroxyl groups excluding tert-OH is 1. The van der Waals surface area contributed by atoms with Gasteiger partial charge in [-0.1, -0.05) is 20.4 Å². The zero-order chi connectivity index (χ0) is 12.3. The standard InChI is InChI=1S/C6H10O2.C5H13NO/c1-3-5-8-6(7)4-2;1-4-5(7)6(2)3/h4H,2-3,5H2,1H3;5,7H,4H2,1-3H3. The first-order valence-corrected chi connectivity index (χ1v) is 5.13. The van der Waals surface area contributed by atoms with Crippen LogP contribution in [0.4, 0.5) is 0 Å². The SMILES string of the molecule is C=CC(=O)OCCC.CCC(O)N(C)C. The maximum atomic E-state index is 10.2. The quantitative estimate of drug-likeness (QED) is 0.429. The summed E-state index contributed by atoms with van der Waals surface area (Å²) in [5, 5.41) is 8.86. The van der Waals surface area contributed by atoms with E-state index in [4.69, 9.17) is 5.11 Å². The highest BCUT2D eigenvalue weighted by molar-refractivity contribution is 5.81. The molecular formula is C11H23NO3. The number of ether oxygens (including phenoxy) is 1. The first-order valence-electron chi connectivity index (χ1n) is 5.13. The van der Waals surface area contributed by atoms with Crippen molar-refractivity contribution < 1.29 is 14.6 Å². The Morgan fingerprint density at radius 1 is 1.53 bits per heavy atom. The third-order valence-electron chi connectivity index (χ3n) is 1.58. The van der Waals surface area contributed by atoms with Crippen LogP contribution < -0.4 is 0 Å². The zero-order valence-electron chi connectivity index (χ0n) is 10.2. The van der Waals surface area contributed by atoms with E-state index in [-0.39, 0.29) is 12.2 Å². The molecule has 0 rings (SSSR count). The van der Waals surface area contributed by atoms with Gasteiger partial charge in [-0.2, -0.15) is 0 Å². The highest BCUT2D eigenvalue weighted by Crippen LogP contribution is 1.90. The Morgan fingerprint density at radius 3 is 2.27 bits per heavy atom. The summed E-state index contributed by atoms with van der Waals surface area (Å²) in [5.41, 5.74) is 0. The predicted molar refractivity (Wildman–Crippen MR) is 61.4 cm³/mol. The molecule has 0 aliphatic rings. The number of hydrogen-bond donors (Lipinski definition) is 1. The van der Waals surface area contributed by atoms with E-state index in [1.807, 2.05) is 27.9 Å². The Labute approximate surface area is 92.5 Å². The van der Waals surface area contributed by atoms with Crippen molar-refractivity contribution in [1.82, 2.24) is 4.90 Å². The molecular weight excluding hydrogens is 194 g/mol. The Kier molecular flexibility index (Phi) is 12.4. The van der Waals surface area contributed by atoms with E-state index in [0.717, 1.165) is 18.9 Å². The van der Waals surface area contributed by atoms with Gasteiger partial charge in [0.1, 0.15) is 6.23 Å². The molecule has 0 aromatic heterocycles. The molecule has 0 saturated carbocycles. The van der Waals surface area contributed by atoms with Crippen LogP contribution in [0.25, 0.3) is 0 Å². The third kappa shape index (κ3) is 13.1. The van der Waals surface area contributed by atoms with Gasteiger partial charge in [-0.05, 0) is 26.9 Å². The summed E-state index contributed by atoms with van der Waals surface area (Å²) in [6, 6.07) is 0. The molecule has 0 fully saturated rings. The lowest BCUT2D eigenvalue weighted by molar-refractivity contribution is -0.137. The van der Waals surface area contributed by atoms with Crippen molar-refractivity contribution >= 4 is 5.97 Å². The van der Waals surface area contributed by atoms with Gasteiger partial charge in [0.15, 0.2) is 0 Å². The number of carbonyl (C=O) groups excluding carboxylic acids is 1. The highest BCUT2D eigenvalue weighted by atomic mass is 16.5. The Balaban J connectivity index is 0. The summed E-state index contributed by atoms with van der Waals surface area (Å²) in [7, 11) is 3.71. The molecule has 4 heteroatoms. The Bertz CT molecular complexity index is 169. The summed E-state index contributed by atoms with van der Waals surface area (Å²) < 4.78 is 4.58. The molecule has 0 aliphatic carbocycles. The van der Waals surface area contributed by atoms with E-state index < -0.39 is 0 Å². The van der Waals surface area contributed by atoms with Crippen molar-refractivity contribution in [3.63, 3.8) is 0 Å². The van der Waals surface area contributed by atoms with E-state index >= 15 is 0 Å². The number of hydrogen-bond acceptors (Lipinski definition) is 4. The molecule has 90 valence electrons. The second-order valence-corrected chi connectivity index (χ2v) is 3.22. The fourth-order valence-corrected chi connectivity index (χ4v) is 0.627. The molecule has 0 heterocycles. The number of nitrogens with zero attached hydrogens (tertiary/aromatic N) is 1. The van der Waals surface area contributed by atoms with Gasteiger partial charge in [-0.3, -0.25) is 4.90 Å². The van der Waals surface area contributed by atoms with Crippen molar-refractivity contribution in [2.45, 2.75) is 32.9 Å². The molecule has 0 spiro atoms. The van der Waals surface area contributed by atoms with E-state index in [1.54, 1.807) is 4.90 Å². The number of aliphatic hydroxyl groups is 1. The molecule has 1 unspecified atom stereocenters. The molecule has 0 saturated heterocycles. The Morgan fingerprint density at radius 2 is 2.07 bits per heavy atom. The van der Waals surface area contributed by atoms with Crippen molar-refractivity contribution in [1.29, 1.82) is 0 Å². The van der Waals surface area contributed by atoms with Gasteiger partial charge in [0.05, 0.1) is 6.61 Å². The molecule has 0 aromatic rings. The topological polar surface area (TPSA) is 49.8 Å². The van der Waals surface area contributed by atoms with Gasteiger partial charge in [-0.25, -0.2) is 4.79 Å². The van der Waals surface area contributed by atoms with Crippen molar-refractivity contribution in [3.8, 4) is 0 Å². The predicted octanol–water partition coefficient (Wildman–Crippen LogP) is 1.40. The summed E-state index contributed by atoms with van der Waals surface area (Å²) in [6.45, 7) is 7.62. The number of esters is 1. The zero-order valence-corrected chi connectivity index (χ0v) is 10.2. The lowest BCUT2D eigenvalue weighted by Crippen LogP contribution is -2.26. The lowest BCUT2D eigenvalue weighted by Gasteiger charge is -2.15. The van der Waals surface area contributed by atoms with Crippen LogP contribution in [-0.4, -0.2) is 42.9 Å². The molecule has 1 N–H and O–H groups in total. The fourth-order valence-electron chi connectivity index (χ4n) is 0.627. The van der Waals surface area contributed by atoms with Crippen molar-refractivity contribution in [2.75, 3.05) is 20.7 Å². The Hall–Kier alpha value is -0.870. The van der Waals surface area contributed by atoms with Crippen LogP contribution in [0.15, 0.2) is 12.7 Å². The first-order chi connectivity index (χ1) is 6.99. The van der Waals surface area contributed by atoms with Crippen LogP contribution in [0.2, 0.25) is 0 Å². The number of rotatable bonds is 5. The van der Waals surface area contributed by atoms with E-state index in [9.17, 15) is 4.79 Å². The average molecular weight is 217 g/mol. The fraction of sp³-hybridized carbons (Fsp3) is 0.727. The van der Waals surface area contributed by atoms with Crippen LogP contribution >= 0.6 is 0 Å². The summed E-state index contributed by atoms with van der Waals surface area (Å²) >= 11 is 0.